The molecule has 9 aromatic carbocycles. The number of benzene rings is 9. The van der Waals surface area contributed by atoms with Crippen LogP contribution in [0.15, 0.2) is 207 Å². The van der Waals surface area contributed by atoms with Crippen LogP contribution in [-0.2, 0) is 0 Å². The number of nitrogens with zero attached hydrogens (tertiary/aromatic N) is 2. The fourth-order valence-corrected chi connectivity index (χ4v) is 8.58. The molecule has 0 fully saturated rings. The summed E-state index contributed by atoms with van der Waals surface area (Å²) < 4.78 is 19.9. The van der Waals surface area contributed by atoms with Crippen LogP contribution < -0.4 is 4.90 Å². The second-order valence-corrected chi connectivity index (χ2v) is 14.7. The SMILES string of the molecule is c1ccc(-c2nc3cccc(-c4cc5ccccc5c5oc6cc(-c7ccc(N(c8ccccc8)c8cccc9c8oc8ccccc89)cc7)ccc6c45)c3o2)cc1. The van der Waals surface area contributed by atoms with E-state index >= 15 is 0 Å². The van der Waals surface area contributed by atoms with Gasteiger partial charge in [0, 0.05) is 49.4 Å². The standard InChI is InChI=1S/C53H32N2O3/c1-3-13-34(14-4-1)53-54-45-22-11-20-42(50(45)58-53)44-31-36-15-7-8-18-39(36)52-49(44)43-30-27-35(32-48(43)57-52)33-25-28-38(29-26-33)55(37-16-5-2-6-17-37)46-23-12-21-41-40-19-9-10-24-47(40)56-51(41)46/h1-32H. The highest BCUT2D eigenvalue weighted by Crippen LogP contribution is 2.46. The molecule has 0 amide bonds. The van der Waals surface area contributed by atoms with Crippen molar-refractivity contribution in [1.82, 2.24) is 4.98 Å². The van der Waals surface area contributed by atoms with Gasteiger partial charge in [0.05, 0.1) is 5.69 Å². The summed E-state index contributed by atoms with van der Waals surface area (Å²) in [6.07, 6.45) is 0. The van der Waals surface area contributed by atoms with Crippen molar-refractivity contribution >= 4 is 82.8 Å². The molecule has 272 valence electrons. The van der Waals surface area contributed by atoms with Gasteiger partial charge in [0.1, 0.15) is 22.3 Å². The van der Waals surface area contributed by atoms with Crippen LogP contribution in [0.25, 0.3) is 99.5 Å². The Bertz CT molecular complexity index is 3510. The number of hydrogen-bond acceptors (Lipinski definition) is 5. The van der Waals surface area contributed by atoms with Crippen LogP contribution in [0.2, 0.25) is 0 Å². The lowest BCUT2D eigenvalue weighted by Crippen LogP contribution is -2.10. The summed E-state index contributed by atoms with van der Waals surface area (Å²) in [4.78, 5) is 7.15. The maximum absolute atomic E-state index is 6.86. The maximum Gasteiger partial charge on any atom is 0.227 e. The van der Waals surface area contributed by atoms with E-state index in [1.54, 1.807) is 0 Å². The van der Waals surface area contributed by atoms with Gasteiger partial charge in [-0.3, -0.25) is 0 Å². The Morgan fingerprint density at radius 1 is 0.379 bits per heavy atom. The van der Waals surface area contributed by atoms with Gasteiger partial charge in [-0.2, -0.15) is 0 Å². The van der Waals surface area contributed by atoms with Gasteiger partial charge in [-0.25, -0.2) is 4.98 Å². The third kappa shape index (κ3) is 5.07. The number of aromatic nitrogens is 1. The first-order chi connectivity index (χ1) is 28.7. The van der Waals surface area contributed by atoms with Gasteiger partial charge in [0.15, 0.2) is 11.2 Å². The van der Waals surface area contributed by atoms with E-state index in [1.165, 1.54) is 0 Å². The number of hydrogen-bond donors (Lipinski definition) is 0. The van der Waals surface area contributed by atoms with Gasteiger partial charge < -0.3 is 18.2 Å². The highest BCUT2D eigenvalue weighted by atomic mass is 16.4. The van der Waals surface area contributed by atoms with Crippen molar-refractivity contribution in [1.29, 1.82) is 0 Å². The van der Waals surface area contributed by atoms with Crippen molar-refractivity contribution < 1.29 is 13.3 Å². The molecule has 0 spiro atoms. The van der Waals surface area contributed by atoms with E-state index in [1.807, 2.05) is 54.6 Å². The monoisotopic (exact) mass is 744 g/mol. The summed E-state index contributed by atoms with van der Waals surface area (Å²) in [6, 6.07) is 67.2. The van der Waals surface area contributed by atoms with E-state index in [2.05, 4.69) is 144 Å². The van der Waals surface area contributed by atoms with E-state index in [4.69, 9.17) is 18.2 Å². The minimum absolute atomic E-state index is 0.603. The van der Waals surface area contributed by atoms with Crippen molar-refractivity contribution in [3.05, 3.63) is 194 Å². The lowest BCUT2D eigenvalue weighted by molar-refractivity contribution is 0.621. The summed E-state index contributed by atoms with van der Waals surface area (Å²) in [7, 11) is 0. The molecular formula is C53H32N2O3. The highest BCUT2D eigenvalue weighted by Gasteiger charge is 2.22. The van der Waals surface area contributed by atoms with E-state index in [0.717, 1.165) is 111 Å². The molecule has 0 unspecified atom stereocenters. The van der Waals surface area contributed by atoms with Gasteiger partial charge in [0.25, 0.3) is 0 Å². The molecular weight excluding hydrogens is 713 g/mol. The normalized spacial score (nSPS) is 11.8. The van der Waals surface area contributed by atoms with Crippen molar-refractivity contribution in [2.45, 2.75) is 0 Å². The second-order valence-electron chi connectivity index (χ2n) is 14.7. The summed E-state index contributed by atoms with van der Waals surface area (Å²) in [5.41, 5.74) is 13.2. The van der Waals surface area contributed by atoms with Crippen LogP contribution in [0.3, 0.4) is 0 Å². The molecule has 0 aliphatic heterocycles. The molecule has 3 aromatic heterocycles. The molecule has 0 aliphatic carbocycles. The van der Waals surface area contributed by atoms with Crippen molar-refractivity contribution in [3.63, 3.8) is 0 Å². The largest absolute Gasteiger partial charge is 0.455 e. The van der Waals surface area contributed by atoms with Crippen LogP contribution in [-0.4, -0.2) is 4.98 Å². The van der Waals surface area contributed by atoms with Crippen LogP contribution in [0, 0.1) is 0 Å². The summed E-state index contributed by atoms with van der Waals surface area (Å²) in [5, 5.41) is 6.47. The van der Waals surface area contributed by atoms with Gasteiger partial charge in [-0.1, -0.05) is 121 Å². The van der Waals surface area contributed by atoms with Crippen molar-refractivity contribution in [2.75, 3.05) is 4.90 Å². The average Bonchev–Trinajstić information content (AvgIpc) is 4.01. The molecule has 0 saturated heterocycles. The highest BCUT2D eigenvalue weighted by molar-refractivity contribution is 6.22. The molecule has 0 N–H and O–H groups in total. The average molecular weight is 745 g/mol. The first-order valence-corrected chi connectivity index (χ1v) is 19.4. The van der Waals surface area contributed by atoms with Crippen LogP contribution in [0.4, 0.5) is 17.1 Å². The van der Waals surface area contributed by atoms with Gasteiger partial charge in [-0.05, 0) is 94.9 Å². The molecule has 12 aromatic rings. The summed E-state index contributed by atoms with van der Waals surface area (Å²) in [6.45, 7) is 0. The van der Waals surface area contributed by atoms with Crippen LogP contribution in [0.5, 0.6) is 0 Å². The van der Waals surface area contributed by atoms with Crippen LogP contribution in [0.1, 0.15) is 0 Å². The summed E-state index contributed by atoms with van der Waals surface area (Å²) >= 11 is 0. The van der Waals surface area contributed by atoms with E-state index < -0.39 is 0 Å². The lowest BCUT2D eigenvalue weighted by Gasteiger charge is -2.25. The quantitative estimate of drug-likeness (QED) is 0.170. The Morgan fingerprint density at radius 3 is 1.93 bits per heavy atom. The molecule has 0 radical (unpaired) electrons. The first-order valence-electron chi connectivity index (χ1n) is 19.4. The number of rotatable bonds is 6. The second kappa shape index (κ2) is 12.8. The number of anilines is 3. The van der Waals surface area contributed by atoms with Crippen molar-refractivity contribution in [2.24, 2.45) is 0 Å². The number of para-hydroxylation sites is 4. The third-order valence-corrected chi connectivity index (χ3v) is 11.3. The fourth-order valence-electron chi connectivity index (χ4n) is 8.58. The lowest BCUT2D eigenvalue weighted by atomic mass is 9.94. The molecule has 0 bridgehead atoms. The number of oxazole rings is 1. The van der Waals surface area contributed by atoms with Gasteiger partial charge in [-0.15, -0.1) is 0 Å². The molecule has 0 atom stereocenters. The zero-order chi connectivity index (χ0) is 38.2. The summed E-state index contributed by atoms with van der Waals surface area (Å²) in [5.74, 6) is 0.603. The molecule has 5 nitrogen and oxygen atoms in total. The van der Waals surface area contributed by atoms with Gasteiger partial charge in [0.2, 0.25) is 5.89 Å². The molecule has 12 rings (SSSR count). The Hall–Kier alpha value is -7.89. The zero-order valence-corrected chi connectivity index (χ0v) is 31.1. The minimum Gasteiger partial charge on any atom is -0.455 e. The smallest absolute Gasteiger partial charge is 0.227 e. The van der Waals surface area contributed by atoms with Gasteiger partial charge >= 0.3 is 0 Å². The molecule has 3 heterocycles. The van der Waals surface area contributed by atoms with Crippen molar-refractivity contribution in [3.8, 4) is 33.7 Å². The topological polar surface area (TPSA) is 55.6 Å². The Kier molecular flexibility index (Phi) is 7.16. The van der Waals surface area contributed by atoms with E-state index in [9.17, 15) is 0 Å². The predicted octanol–water partition coefficient (Wildman–Crippen LogP) is 15.3. The Balaban J connectivity index is 0.983. The fraction of sp³-hybridized carbons (Fsp3) is 0. The van der Waals surface area contributed by atoms with Crippen LogP contribution >= 0.6 is 0 Å². The van der Waals surface area contributed by atoms with E-state index in [-0.39, 0.29) is 0 Å². The third-order valence-electron chi connectivity index (χ3n) is 11.3. The molecule has 5 heteroatoms. The number of furan rings is 2. The van der Waals surface area contributed by atoms with E-state index in [0.29, 0.717) is 5.89 Å². The maximum atomic E-state index is 6.86. The Labute approximate surface area is 332 Å². The zero-order valence-electron chi connectivity index (χ0n) is 31.1. The molecule has 0 aliphatic rings. The minimum atomic E-state index is 0.603. The molecule has 58 heavy (non-hydrogen) atoms. The number of fused-ring (bicyclic) bond motifs is 9. The Morgan fingerprint density at radius 2 is 1.07 bits per heavy atom. The first kappa shape index (κ1) is 32.4. The molecule has 0 saturated carbocycles. The predicted molar refractivity (Wildman–Crippen MR) is 237 cm³/mol.